The lowest BCUT2D eigenvalue weighted by Crippen LogP contribution is -2.28. The van der Waals surface area contributed by atoms with Crippen LogP contribution in [-0.2, 0) is 28.5 Å². The minimum Gasteiger partial charge on any atom is -0.352 e. The normalized spacial score (nSPS) is 11.7. The number of nitrogens with zero attached hydrogens (tertiary/aromatic N) is 1. The number of alkyl halides is 6. The monoisotopic (exact) mass is 483 g/mol. The van der Waals surface area contributed by atoms with Gasteiger partial charge in [0.2, 0.25) is 11.8 Å². The van der Waals surface area contributed by atoms with Crippen LogP contribution in [0.2, 0.25) is 5.02 Å². The molecule has 0 atom stereocenters. The van der Waals surface area contributed by atoms with Crippen LogP contribution in [0.4, 0.5) is 37.7 Å². The van der Waals surface area contributed by atoms with E-state index in [9.17, 15) is 46.0 Å². The lowest BCUT2D eigenvalue weighted by atomic mass is 10.1. The van der Waals surface area contributed by atoms with Crippen LogP contribution < -0.4 is 10.6 Å². The summed E-state index contributed by atoms with van der Waals surface area (Å²) >= 11 is 5.49. The van der Waals surface area contributed by atoms with Crippen molar-refractivity contribution < 1.29 is 40.9 Å². The number of nitrogens with one attached hydrogen (secondary N) is 2. The van der Waals surface area contributed by atoms with Crippen molar-refractivity contribution in [2.75, 3.05) is 5.32 Å². The Hall–Kier alpha value is -3.35. The number of hydrogen-bond acceptors (Lipinski definition) is 4. The van der Waals surface area contributed by atoms with Gasteiger partial charge in [0.25, 0.3) is 5.69 Å². The topological polar surface area (TPSA) is 101 Å². The molecule has 0 aliphatic rings. The summed E-state index contributed by atoms with van der Waals surface area (Å²) in [5, 5.41) is 14.4. The number of amides is 2. The SMILES string of the molecule is O=C(CC(=O)Nc1ccc([N+](=O)[O-])c(C(F)(F)F)c1)NCc1ccc(Cl)c(C(F)(F)F)c1. The number of rotatable bonds is 6. The van der Waals surface area contributed by atoms with Crippen LogP contribution in [0, 0.1) is 10.1 Å². The molecule has 172 valence electrons. The molecule has 0 spiro atoms. The zero-order chi connectivity index (χ0) is 24.3. The van der Waals surface area contributed by atoms with E-state index < -0.39 is 63.0 Å². The molecular formula is C18H12ClF6N3O4. The number of nitro groups is 1. The van der Waals surface area contributed by atoms with Crippen molar-refractivity contribution in [3.8, 4) is 0 Å². The van der Waals surface area contributed by atoms with E-state index in [-0.39, 0.29) is 12.1 Å². The van der Waals surface area contributed by atoms with E-state index in [1.807, 2.05) is 5.32 Å². The van der Waals surface area contributed by atoms with E-state index in [2.05, 4.69) is 5.32 Å². The molecule has 0 saturated heterocycles. The highest BCUT2D eigenvalue weighted by Crippen LogP contribution is 2.37. The molecule has 2 rings (SSSR count). The van der Waals surface area contributed by atoms with Crippen LogP contribution in [-0.4, -0.2) is 16.7 Å². The fourth-order valence-electron chi connectivity index (χ4n) is 2.51. The second kappa shape index (κ2) is 9.42. The van der Waals surface area contributed by atoms with E-state index >= 15 is 0 Å². The standard InChI is InChI=1S/C18H12ClF6N3O4/c19-13-3-1-9(5-11(13)17(20,21)22)8-26-15(29)7-16(30)27-10-2-4-14(28(31)32)12(6-10)18(23,24)25/h1-6H,7-8H2,(H,26,29)(H,27,30). The Bertz CT molecular complexity index is 1060. The average Bonchev–Trinajstić information content (AvgIpc) is 2.65. The first-order valence-electron chi connectivity index (χ1n) is 8.46. The smallest absolute Gasteiger partial charge is 0.352 e. The summed E-state index contributed by atoms with van der Waals surface area (Å²) in [5.41, 5.74) is -4.31. The number of nitro benzene ring substituents is 1. The highest BCUT2D eigenvalue weighted by Gasteiger charge is 2.38. The van der Waals surface area contributed by atoms with Gasteiger partial charge in [-0.1, -0.05) is 17.7 Å². The largest absolute Gasteiger partial charge is 0.423 e. The molecule has 0 heterocycles. The molecule has 2 aromatic rings. The Kier molecular flexibility index (Phi) is 7.34. The van der Waals surface area contributed by atoms with E-state index in [1.165, 1.54) is 6.07 Å². The van der Waals surface area contributed by atoms with Crippen molar-refractivity contribution in [3.63, 3.8) is 0 Å². The Labute approximate surface area is 180 Å². The Morgan fingerprint density at radius 1 is 0.938 bits per heavy atom. The Morgan fingerprint density at radius 2 is 1.56 bits per heavy atom. The molecule has 0 aliphatic heterocycles. The first-order valence-corrected chi connectivity index (χ1v) is 8.84. The van der Waals surface area contributed by atoms with Crippen molar-refractivity contribution in [1.82, 2.24) is 5.32 Å². The van der Waals surface area contributed by atoms with Gasteiger partial charge in [-0.2, -0.15) is 26.3 Å². The van der Waals surface area contributed by atoms with Crippen LogP contribution in [0.5, 0.6) is 0 Å². The van der Waals surface area contributed by atoms with Crippen LogP contribution in [0.15, 0.2) is 36.4 Å². The fraction of sp³-hybridized carbons (Fsp3) is 0.222. The minimum atomic E-state index is -5.06. The number of carbonyl (C=O) groups excluding carboxylic acids is 2. The number of carbonyl (C=O) groups is 2. The number of anilines is 1. The maximum atomic E-state index is 13.0. The lowest BCUT2D eigenvalue weighted by molar-refractivity contribution is -0.388. The van der Waals surface area contributed by atoms with Crippen LogP contribution in [0.1, 0.15) is 23.1 Å². The summed E-state index contributed by atoms with van der Waals surface area (Å²) in [6.45, 7) is -0.373. The number of hydrogen-bond donors (Lipinski definition) is 2. The van der Waals surface area contributed by atoms with E-state index in [0.29, 0.717) is 12.1 Å². The highest BCUT2D eigenvalue weighted by molar-refractivity contribution is 6.31. The molecule has 0 aromatic heterocycles. The highest BCUT2D eigenvalue weighted by atomic mass is 35.5. The summed E-state index contributed by atoms with van der Waals surface area (Å²) in [6.07, 6.45) is -10.6. The number of benzene rings is 2. The van der Waals surface area contributed by atoms with Crippen molar-refractivity contribution in [1.29, 1.82) is 0 Å². The molecule has 32 heavy (non-hydrogen) atoms. The Balaban J connectivity index is 2.01. The number of halogens is 7. The van der Waals surface area contributed by atoms with Crippen molar-refractivity contribution in [2.24, 2.45) is 0 Å². The molecule has 0 bridgehead atoms. The molecule has 7 nitrogen and oxygen atoms in total. The molecule has 0 fully saturated rings. The van der Waals surface area contributed by atoms with Gasteiger partial charge >= 0.3 is 12.4 Å². The van der Waals surface area contributed by atoms with Crippen molar-refractivity contribution in [2.45, 2.75) is 25.3 Å². The maximum Gasteiger partial charge on any atom is 0.423 e. The summed E-state index contributed by atoms with van der Waals surface area (Å²) < 4.78 is 77.4. The Morgan fingerprint density at radius 3 is 2.12 bits per heavy atom. The second-order valence-corrected chi connectivity index (χ2v) is 6.71. The summed E-state index contributed by atoms with van der Waals surface area (Å²) in [4.78, 5) is 33.2. The summed E-state index contributed by atoms with van der Waals surface area (Å²) in [6, 6.07) is 4.70. The zero-order valence-corrected chi connectivity index (χ0v) is 16.4. The minimum absolute atomic E-state index is 0.0423. The van der Waals surface area contributed by atoms with Gasteiger partial charge in [0.15, 0.2) is 0 Å². The molecule has 0 unspecified atom stereocenters. The molecule has 2 amide bonds. The molecule has 14 heteroatoms. The van der Waals surface area contributed by atoms with Gasteiger partial charge in [-0.3, -0.25) is 19.7 Å². The van der Waals surface area contributed by atoms with E-state index in [0.717, 1.165) is 18.2 Å². The molecule has 0 radical (unpaired) electrons. The molecular weight excluding hydrogens is 472 g/mol. The van der Waals surface area contributed by atoms with Gasteiger partial charge in [0.1, 0.15) is 12.0 Å². The van der Waals surface area contributed by atoms with Gasteiger partial charge in [0, 0.05) is 18.3 Å². The third-order valence-electron chi connectivity index (χ3n) is 3.93. The van der Waals surface area contributed by atoms with Crippen LogP contribution in [0.3, 0.4) is 0 Å². The average molecular weight is 484 g/mol. The second-order valence-electron chi connectivity index (χ2n) is 6.30. The van der Waals surface area contributed by atoms with Crippen LogP contribution in [0.25, 0.3) is 0 Å². The van der Waals surface area contributed by atoms with Gasteiger partial charge in [-0.15, -0.1) is 0 Å². The van der Waals surface area contributed by atoms with Gasteiger partial charge in [0.05, 0.1) is 15.5 Å². The quantitative estimate of drug-likeness (QED) is 0.263. The first kappa shape index (κ1) is 24.9. The van der Waals surface area contributed by atoms with E-state index in [4.69, 9.17) is 11.6 Å². The predicted octanol–water partition coefficient (Wildman–Crippen LogP) is 4.93. The molecule has 2 N–H and O–H groups in total. The third-order valence-corrected chi connectivity index (χ3v) is 4.26. The van der Waals surface area contributed by atoms with Gasteiger partial charge in [-0.25, -0.2) is 0 Å². The molecule has 0 aliphatic carbocycles. The lowest BCUT2D eigenvalue weighted by Gasteiger charge is -2.12. The maximum absolute atomic E-state index is 13.0. The predicted molar refractivity (Wildman–Crippen MR) is 99.6 cm³/mol. The fourth-order valence-corrected chi connectivity index (χ4v) is 2.74. The van der Waals surface area contributed by atoms with Gasteiger partial charge in [-0.05, 0) is 29.8 Å². The third kappa shape index (κ3) is 6.57. The van der Waals surface area contributed by atoms with Crippen LogP contribution >= 0.6 is 11.6 Å². The first-order chi connectivity index (χ1) is 14.7. The molecule has 2 aromatic carbocycles. The van der Waals surface area contributed by atoms with Crippen molar-refractivity contribution >= 4 is 34.8 Å². The zero-order valence-electron chi connectivity index (χ0n) is 15.6. The van der Waals surface area contributed by atoms with Gasteiger partial charge < -0.3 is 10.6 Å². The summed E-state index contributed by atoms with van der Waals surface area (Å²) in [5.74, 6) is -1.97. The molecule has 0 saturated carbocycles. The van der Waals surface area contributed by atoms with E-state index in [1.54, 1.807) is 0 Å². The van der Waals surface area contributed by atoms with Crippen molar-refractivity contribution in [3.05, 3.63) is 68.2 Å². The summed E-state index contributed by atoms with van der Waals surface area (Å²) in [7, 11) is 0.